The van der Waals surface area contributed by atoms with E-state index in [0.29, 0.717) is 10.8 Å². The van der Waals surface area contributed by atoms with Gasteiger partial charge in [-0.3, -0.25) is 11.3 Å². The summed E-state index contributed by atoms with van der Waals surface area (Å²) in [6, 6.07) is 7.13. The smallest absolute Gasteiger partial charge is 0.175 e. The van der Waals surface area contributed by atoms with E-state index in [2.05, 4.69) is 5.43 Å². The van der Waals surface area contributed by atoms with Crippen molar-refractivity contribution in [3.63, 3.8) is 0 Å². The van der Waals surface area contributed by atoms with Gasteiger partial charge in [0.15, 0.2) is 9.84 Å². The number of hydrogen-bond donors (Lipinski definition) is 2. The quantitative estimate of drug-likeness (QED) is 0.647. The molecule has 0 spiro atoms. The van der Waals surface area contributed by atoms with Gasteiger partial charge in [-0.15, -0.1) is 0 Å². The second-order valence-corrected chi connectivity index (χ2v) is 7.82. The lowest BCUT2D eigenvalue weighted by molar-refractivity contribution is 0.301. The molecular weight excluding hydrogens is 272 g/mol. The molecule has 0 aliphatic heterocycles. The Morgan fingerprint density at radius 3 is 2.60 bits per heavy atom. The lowest BCUT2D eigenvalue weighted by atomic mass is 9.83. The number of benzene rings is 1. The van der Waals surface area contributed by atoms with Crippen LogP contribution in [0, 0.1) is 5.92 Å². The molecule has 0 amide bonds. The summed E-state index contributed by atoms with van der Waals surface area (Å²) in [6.45, 7) is 0. The van der Waals surface area contributed by atoms with Gasteiger partial charge >= 0.3 is 0 Å². The number of hydrazine groups is 1. The molecule has 0 aromatic heterocycles. The van der Waals surface area contributed by atoms with E-state index in [1.807, 2.05) is 6.07 Å². The molecule has 0 saturated heterocycles. The Balaban J connectivity index is 2.14. The molecule has 0 radical (unpaired) electrons. The first-order valence-electron chi connectivity index (χ1n) is 7.27. The van der Waals surface area contributed by atoms with Gasteiger partial charge < -0.3 is 0 Å². The summed E-state index contributed by atoms with van der Waals surface area (Å²) in [5.41, 5.74) is 3.81. The van der Waals surface area contributed by atoms with Gasteiger partial charge in [-0.2, -0.15) is 0 Å². The van der Waals surface area contributed by atoms with Gasteiger partial charge in [0.25, 0.3) is 0 Å². The van der Waals surface area contributed by atoms with E-state index in [-0.39, 0.29) is 6.04 Å². The molecule has 1 aliphatic rings. The van der Waals surface area contributed by atoms with Crippen molar-refractivity contribution in [3.8, 4) is 0 Å². The molecule has 3 N–H and O–H groups in total. The Morgan fingerprint density at radius 1 is 1.30 bits per heavy atom. The third-order valence-corrected chi connectivity index (χ3v) is 5.29. The molecule has 20 heavy (non-hydrogen) atoms. The fourth-order valence-corrected chi connectivity index (χ4v) is 3.69. The Labute approximate surface area is 121 Å². The molecule has 1 saturated carbocycles. The second-order valence-electron chi connectivity index (χ2n) is 5.80. The monoisotopic (exact) mass is 296 g/mol. The Hall–Kier alpha value is -0.910. The largest absolute Gasteiger partial charge is 0.271 e. The van der Waals surface area contributed by atoms with Crippen molar-refractivity contribution in [2.45, 2.75) is 49.5 Å². The van der Waals surface area contributed by atoms with Crippen molar-refractivity contribution in [1.82, 2.24) is 5.43 Å². The summed E-state index contributed by atoms with van der Waals surface area (Å²) >= 11 is 0. The van der Waals surface area contributed by atoms with E-state index in [1.54, 1.807) is 18.2 Å². The maximum Gasteiger partial charge on any atom is 0.175 e. The van der Waals surface area contributed by atoms with Crippen LogP contribution in [0.15, 0.2) is 29.2 Å². The molecule has 1 fully saturated rings. The third-order valence-electron chi connectivity index (χ3n) is 4.18. The predicted molar refractivity (Wildman–Crippen MR) is 80.8 cm³/mol. The average Bonchev–Trinajstić information content (AvgIpc) is 2.45. The molecule has 0 bridgehead atoms. The van der Waals surface area contributed by atoms with E-state index in [1.165, 1.54) is 38.4 Å². The summed E-state index contributed by atoms with van der Waals surface area (Å²) in [7, 11) is -3.17. The van der Waals surface area contributed by atoms with Crippen LogP contribution < -0.4 is 11.3 Å². The minimum absolute atomic E-state index is 0.0276. The maximum absolute atomic E-state index is 11.6. The molecule has 112 valence electrons. The second kappa shape index (κ2) is 6.70. The first-order valence-corrected chi connectivity index (χ1v) is 9.16. The number of rotatable bonds is 5. The van der Waals surface area contributed by atoms with Crippen LogP contribution in [0.4, 0.5) is 0 Å². The Bertz CT molecular complexity index is 537. The van der Waals surface area contributed by atoms with Crippen LogP contribution in [0.2, 0.25) is 0 Å². The molecule has 1 unspecified atom stereocenters. The number of sulfone groups is 1. The van der Waals surface area contributed by atoms with Crippen LogP contribution >= 0.6 is 0 Å². The van der Waals surface area contributed by atoms with Gasteiger partial charge in [0.05, 0.1) is 4.90 Å². The highest BCUT2D eigenvalue weighted by molar-refractivity contribution is 7.90. The van der Waals surface area contributed by atoms with E-state index in [0.717, 1.165) is 12.0 Å². The highest BCUT2D eigenvalue weighted by Gasteiger charge is 2.20. The minimum atomic E-state index is -3.17. The van der Waals surface area contributed by atoms with Crippen LogP contribution in [0.1, 0.15) is 50.1 Å². The fourth-order valence-electron chi connectivity index (χ4n) is 3.02. The average molecular weight is 296 g/mol. The van der Waals surface area contributed by atoms with E-state index in [4.69, 9.17) is 5.84 Å². The molecule has 5 heteroatoms. The predicted octanol–water partition coefficient (Wildman–Crippen LogP) is 2.56. The van der Waals surface area contributed by atoms with Crippen molar-refractivity contribution in [3.05, 3.63) is 29.8 Å². The first kappa shape index (κ1) is 15.5. The van der Waals surface area contributed by atoms with Crippen molar-refractivity contribution < 1.29 is 8.42 Å². The molecule has 1 aromatic carbocycles. The molecule has 1 aliphatic carbocycles. The van der Waals surface area contributed by atoms with E-state index >= 15 is 0 Å². The molecule has 0 heterocycles. The van der Waals surface area contributed by atoms with Crippen molar-refractivity contribution >= 4 is 9.84 Å². The van der Waals surface area contributed by atoms with Gasteiger partial charge in [-0.25, -0.2) is 8.42 Å². The van der Waals surface area contributed by atoms with Crippen LogP contribution in [-0.4, -0.2) is 14.7 Å². The molecule has 4 nitrogen and oxygen atoms in total. The lowest BCUT2D eigenvalue weighted by Crippen LogP contribution is -2.30. The molecule has 1 atom stereocenters. The van der Waals surface area contributed by atoms with Crippen LogP contribution in [0.3, 0.4) is 0 Å². The topological polar surface area (TPSA) is 72.2 Å². The fraction of sp³-hybridized carbons (Fsp3) is 0.600. The maximum atomic E-state index is 11.6. The van der Waals surface area contributed by atoms with Gasteiger partial charge in [-0.1, -0.05) is 44.2 Å². The zero-order valence-electron chi connectivity index (χ0n) is 12.0. The highest BCUT2D eigenvalue weighted by atomic mass is 32.2. The van der Waals surface area contributed by atoms with E-state index < -0.39 is 9.84 Å². The molecular formula is C15H24N2O2S. The van der Waals surface area contributed by atoms with Crippen molar-refractivity contribution in [2.75, 3.05) is 6.26 Å². The van der Waals surface area contributed by atoms with Gasteiger partial charge in [0.2, 0.25) is 0 Å². The third kappa shape index (κ3) is 4.04. The zero-order chi connectivity index (χ0) is 14.6. The first-order chi connectivity index (χ1) is 9.50. The lowest BCUT2D eigenvalue weighted by Gasteiger charge is -2.26. The number of nitrogens with one attached hydrogen (secondary N) is 1. The molecule has 2 rings (SSSR count). The van der Waals surface area contributed by atoms with Crippen molar-refractivity contribution in [2.24, 2.45) is 11.8 Å². The van der Waals surface area contributed by atoms with Gasteiger partial charge in [-0.05, 0) is 30.0 Å². The van der Waals surface area contributed by atoms with Crippen LogP contribution in [-0.2, 0) is 9.84 Å². The van der Waals surface area contributed by atoms with Gasteiger partial charge in [0.1, 0.15) is 0 Å². The Kier molecular flexibility index (Phi) is 5.18. The number of nitrogens with two attached hydrogens (primary N) is 1. The van der Waals surface area contributed by atoms with E-state index in [9.17, 15) is 8.42 Å². The summed E-state index contributed by atoms with van der Waals surface area (Å²) in [6.07, 6.45) is 8.65. The van der Waals surface area contributed by atoms with Crippen LogP contribution in [0.5, 0.6) is 0 Å². The van der Waals surface area contributed by atoms with Gasteiger partial charge in [0, 0.05) is 12.3 Å². The van der Waals surface area contributed by atoms with Crippen molar-refractivity contribution in [1.29, 1.82) is 0 Å². The normalized spacial score (nSPS) is 18.9. The number of hydrogen-bond acceptors (Lipinski definition) is 4. The Morgan fingerprint density at radius 2 is 2.00 bits per heavy atom. The zero-order valence-corrected chi connectivity index (χ0v) is 12.8. The minimum Gasteiger partial charge on any atom is -0.271 e. The SMILES string of the molecule is CS(=O)(=O)c1cccc(C(CC2CCCCC2)NN)c1. The molecule has 1 aromatic rings. The standard InChI is InChI=1S/C15H24N2O2S/c1-20(18,19)14-9-5-8-13(11-14)15(17-16)10-12-6-3-2-4-7-12/h5,8-9,11-12,15,17H,2-4,6-7,10,16H2,1H3. The summed E-state index contributed by atoms with van der Waals surface area (Å²) < 4.78 is 23.3. The summed E-state index contributed by atoms with van der Waals surface area (Å²) in [5.74, 6) is 6.37. The summed E-state index contributed by atoms with van der Waals surface area (Å²) in [5, 5.41) is 0. The van der Waals surface area contributed by atoms with Crippen LogP contribution in [0.25, 0.3) is 0 Å². The summed E-state index contributed by atoms with van der Waals surface area (Å²) in [4.78, 5) is 0.360. The highest BCUT2D eigenvalue weighted by Crippen LogP contribution is 2.32.